The minimum Gasteiger partial charge on any atom is -0.465 e. The number of hydrogen-bond acceptors (Lipinski definition) is 5. The molecule has 3 rings (SSSR count). The number of nitrogens with two attached hydrogens (primary N) is 1. The van der Waals surface area contributed by atoms with E-state index in [4.69, 9.17) is 10.8 Å². The third-order valence-electron chi connectivity index (χ3n) is 4.20. The van der Waals surface area contributed by atoms with Crippen molar-refractivity contribution in [2.75, 3.05) is 17.2 Å². The zero-order chi connectivity index (χ0) is 16.4. The number of nitrogen functional groups attached to an aromatic ring is 1. The van der Waals surface area contributed by atoms with Gasteiger partial charge in [-0.05, 0) is 37.5 Å². The number of carboxylic acid groups (broad SMARTS) is 1. The maximum absolute atomic E-state index is 10.7. The predicted octanol–water partition coefficient (Wildman–Crippen LogP) is 3.40. The van der Waals surface area contributed by atoms with Crippen LogP contribution in [0, 0.1) is 0 Å². The molecule has 2 atom stereocenters. The van der Waals surface area contributed by atoms with Crippen LogP contribution in [-0.4, -0.2) is 22.7 Å². The topological polar surface area (TPSA) is 91.5 Å². The molecule has 7 heteroatoms. The van der Waals surface area contributed by atoms with Gasteiger partial charge in [0.2, 0.25) is 0 Å². The van der Waals surface area contributed by atoms with Crippen molar-refractivity contribution >= 4 is 28.2 Å². The number of nitrogens with zero attached hydrogens (tertiary/aromatic N) is 2. The van der Waals surface area contributed by atoms with E-state index >= 15 is 0 Å². The first kappa shape index (κ1) is 15.6. The third kappa shape index (κ3) is 3.39. The summed E-state index contributed by atoms with van der Waals surface area (Å²) in [4.78, 5) is 17.5. The molecular formula is C16H20N4O2S. The summed E-state index contributed by atoms with van der Waals surface area (Å²) in [5.41, 5.74) is 8.87. The first-order chi connectivity index (χ1) is 11.0. The first-order valence-electron chi connectivity index (χ1n) is 7.61. The smallest absolute Gasteiger partial charge is 0.405 e. The summed E-state index contributed by atoms with van der Waals surface area (Å²) in [6.07, 6.45) is 1.19. The van der Waals surface area contributed by atoms with Gasteiger partial charge in [0.05, 0.1) is 17.8 Å². The summed E-state index contributed by atoms with van der Waals surface area (Å²) in [5.74, 6) is 0. The Morgan fingerprint density at radius 2 is 2.22 bits per heavy atom. The van der Waals surface area contributed by atoms with Crippen LogP contribution < -0.4 is 16.0 Å². The molecule has 1 unspecified atom stereocenters. The van der Waals surface area contributed by atoms with Crippen molar-refractivity contribution in [2.45, 2.75) is 31.8 Å². The minimum absolute atomic E-state index is 0.228. The Kier molecular flexibility index (Phi) is 4.38. The van der Waals surface area contributed by atoms with Crippen molar-refractivity contribution in [1.82, 2.24) is 10.3 Å². The van der Waals surface area contributed by atoms with Crippen LogP contribution in [0.15, 0.2) is 29.6 Å². The van der Waals surface area contributed by atoms with Crippen LogP contribution >= 0.6 is 11.3 Å². The molecule has 23 heavy (non-hydrogen) atoms. The van der Waals surface area contributed by atoms with Crippen molar-refractivity contribution in [3.8, 4) is 0 Å². The number of benzene rings is 1. The monoisotopic (exact) mass is 332 g/mol. The highest BCUT2D eigenvalue weighted by Gasteiger charge is 2.28. The van der Waals surface area contributed by atoms with E-state index in [1.54, 1.807) is 0 Å². The number of anilines is 2. The van der Waals surface area contributed by atoms with Gasteiger partial charge in [-0.25, -0.2) is 9.78 Å². The van der Waals surface area contributed by atoms with Crippen molar-refractivity contribution in [3.63, 3.8) is 0 Å². The molecule has 0 radical (unpaired) electrons. The Morgan fingerprint density at radius 1 is 1.48 bits per heavy atom. The largest absolute Gasteiger partial charge is 0.465 e. The number of amides is 1. The lowest BCUT2D eigenvalue weighted by atomic mass is 10.1. The summed E-state index contributed by atoms with van der Waals surface area (Å²) in [6, 6.07) is 8.08. The van der Waals surface area contributed by atoms with Gasteiger partial charge >= 0.3 is 6.09 Å². The summed E-state index contributed by atoms with van der Waals surface area (Å²) in [5, 5.41) is 13.9. The van der Waals surface area contributed by atoms with Gasteiger partial charge in [-0.2, -0.15) is 0 Å². The zero-order valence-corrected chi connectivity index (χ0v) is 13.7. The third-order valence-corrected chi connectivity index (χ3v) is 4.89. The highest BCUT2D eigenvalue weighted by molar-refractivity contribution is 7.13. The van der Waals surface area contributed by atoms with Gasteiger partial charge in [-0.1, -0.05) is 12.1 Å². The molecule has 2 heterocycles. The molecule has 0 bridgehead atoms. The van der Waals surface area contributed by atoms with Crippen LogP contribution in [0.4, 0.5) is 15.6 Å². The molecule has 0 spiro atoms. The standard InChI is InChI=1S/C16H20N4O2S/c1-10(18-16(21)22)11-4-6-12(7-5-11)20-8-2-3-14(20)13-9-23-15(17)19-13/h4-7,9-10,14,18H,2-3,8H2,1H3,(H2,17,19)(H,21,22)/t10-,14?/m1/s1. The van der Waals surface area contributed by atoms with Crippen molar-refractivity contribution in [3.05, 3.63) is 40.9 Å². The molecule has 1 aromatic heterocycles. The van der Waals surface area contributed by atoms with Crippen LogP contribution in [0.5, 0.6) is 0 Å². The lowest BCUT2D eigenvalue weighted by molar-refractivity contribution is 0.191. The molecule has 1 aliphatic rings. The van der Waals surface area contributed by atoms with Crippen LogP contribution in [0.2, 0.25) is 0 Å². The fraction of sp³-hybridized carbons (Fsp3) is 0.375. The summed E-state index contributed by atoms with van der Waals surface area (Å²) >= 11 is 1.48. The second-order valence-corrected chi connectivity index (χ2v) is 6.61. The number of aromatic nitrogens is 1. The molecule has 0 saturated carbocycles. The van der Waals surface area contributed by atoms with E-state index in [0.717, 1.165) is 36.3 Å². The van der Waals surface area contributed by atoms with E-state index < -0.39 is 6.09 Å². The van der Waals surface area contributed by atoms with Crippen molar-refractivity contribution in [1.29, 1.82) is 0 Å². The molecule has 1 saturated heterocycles. The molecular weight excluding hydrogens is 312 g/mol. The van der Waals surface area contributed by atoms with Crippen LogP contribution in [0.1, 0.15) is 43.1 Å². The molecule has 2 aromatic rings. The Hall–Kier alpha value is -2.28. The predicted molar refractivity (Wildman–Crippen MR) is 91.9 cm³/mol. The number of hydrogen-bond donors (Lipinski definition) is 3. The number of rotatable bonds is 4. The van der Waals surface area contributed by atoms with Crippen molar-refractivity contribution < 1.29 is 9.90 Å². The fourth-order valence-corrected chi connectivity index (χ4v) is 3.67. The fourth-order valence-electron chi connectivity index (χ4n) is 3.06. The van der Waals surface area contributed by atoms with E-state index in [9.17, 15) is 4.79 Å². The highest BCUT2D eigenvalue weighted by atomic mass is 32.1. The number of nitrogens with one attached hydrogen (secondary N) is 1. The molecule has 122 valence electrons. The Morgan fingerprint density at radius 3 is 2.83 bits per heavy atom. The van der Waals surface area contributed by atoms with Gasteiger partial charge in [0.1, 0.15) is 0 Å². The average molecular weight is 332 g/mol. The van der Waals surface area contributed by atoms with Gasteiger partial charge in [0.25, 0.3) is 0 Å². The highest BCUT2D eigenvalue weighted by Crippen LogP contribution is 2.37. The summed E-state index contributed by atoms with van der Waals surface area (Å²) in [7, 11) is 0. The SMILES string of the molecule is C[C@@H](NC(=O)O)c1ccc(N2CCCC2c2csc(N)n2)cc1. The van der Waals surface area contributed by atoms with Gasteiger partial charge in [0, 0.05) is 17.6 Å². The average Bonchev–Trinajstić information content (AvgIpc) is 3.15. The Labute approximate surface area is 139 Å². The van der Waals surface area contributed by atoms with Crippen LogP contribution in [0.3, 0.4) is 0 Å². The maximum atomic E-state index is 10.7. The van der Waals surface area contributed by atoms with Crippen molar-refractivity contribution in [2.24, 2.45) is 0 Å². The minimum atomic E-state index is -1.01. The normalized spacial score (nSPS) is 18.8. The quantitative estimate of drug-likeness (QED) is 0.798. The van der Waals surface area contributed by atoms with Gasteiger partial charge in [0.15, 0.2) is 5.13 Å². The molecule has 1 aliphatic heterocycles. The maximum Gasteiger partial charge on any atom is 0.405 e. The zero-order valence-electron chi connectivity index (χ0n) is 12.9. The Bertz CT molecular complexity index is 686. The lowest BCUT2D eigenvalue weighted by Crippen LogP contribution is -2.25. The van der Waals surface area contributed by atoms with E-state index in [1.165, 1.54) is 11.3 Å². The molecule has 1 amide bonds. The van der Waals surface area contributed by atoms with Crippen LogP contribution in [-0.2, 0) is 0 Å². The van der Waals surface area contributed by atoms with Gasteiger partial charge in [-0.3, -0.25) is 0 Å². The molecule has 0 aliphatic carbocycles. The molecule has 1 fully saturated rings. The Balaban J connectivity index is 1.77. The van der Waals surface area contributed by atoms with E-state index in [-0.39, 0.29) is 12.1 Å². The molecule has 6 nitrogen and oxygen atoms in total. The van der Waals surface area contributed by atoms with E-state index in [2.05, 4.69) is 15.2 Å². The summed E-state index contributed by atoms with van der Waals surface area (Å²) in [6.45, 7) is 2.82. The van der Waals surface area contributed by atoms with E-state index in [0.29, 0.717) is 5.13 Å². The molecule has 4 N–H and O–H groups in total. The second kappa shape index (κ2) is 6.45. The lowest BCUT2D eigenvalue weighted by Gasteiger charge is -2.26. The van der Waals surface area contributed by atoms with Gasteiger partial charge in [-0.15, -0.1) is 11.3 Å². The van der Waals surface area contributed by atoms with Gasteiger partial charge < -0.3 is 21.1 Å². The number of carbonyl (C=O) groups is 1. The second-order valence-electron chi connectivity index (χ2n) is 5.72. The summed E-state index contributed by atoms with van der Waals surface area (Å²) < 4.78 is 0. The van der Waals surface area contributed by atoms with E-state index in [1.807, 2.05) is 36.6 Å². The number of thiazole rings is 1. The van der Waals surface area contributed by atoms with Crippen LogP contribution in [0.25, 0.3) is 0 Å². The molecule has 1 aromatic carbocycles. The first-order valence-corrected chi connectivity index (χ1v) is 8.49.